The van der Waals surface area contributed by atoms with Crippen molar-refractivity contribution in [2.24, 2.45) is 0 Å². The number of aromatic nitrogens is 5. The van der Waals surface area contributed by atoms with E-state index in [-0.39, 0.29) is 5.91 Å². The number of nitrogens with one attached hydrogen (secondary N) is 2. The molecular weight excluding hydrogens is 418 g/mol. The van der Waals surface area contributed by atoms with Gasteiger partial charge in [0.1, 0.15) is 0 Å². The predicted octanol–water partition coefficient (Wildman–Crippen LogP) is 3.49. The highest BCUT2D eigenvalue weighted by molar-refractivity contribution is 5.94. The number of aromatic amines is 1. The summed E-state index contributed by atoms with van der Waals surface area (Å²) in [5, 5.41) is 11.5. The molecule has 4 heterocycles. The van der Waals surface area contributed by atoms with Crippen LogP contribution in [-0.4, -0.2) is 61.7 Å². The lowest BCUT2D eigenvalue weighted by Gasteiger charge is -2.26. The van der Waals surface area contributed by atoms with Gasteiger partial charge in [-0.05, 0) is 30.3 Å². The van der Waals surface area contributed by atoms with Gasteiger partial charge in [-0.2, -0.15) is 5.10 Å². The number of rotatable bonds is 4. The third kappa shape index (κ3) is 3.68. The maximum atomic E-state index is 12.7. The third-order valence-electron chi connectivity index (χ3n) is 5.80. The first-order valence-electron chi connectivity index (χ1n) is 10.8. The van der Waals surface area contributed by atoms with Crippen LogP contribution in [0, 0.1) is 0 Å². The molecule has 9 heteroatoms. The van der Waals surface area contributed by atoms with Gasteiger partial charge in [-0.3, -0.25) is 9.89 Å². The summed E-state index contributed by atoms with van der Waals surface area (Å²) in [6.07, 6.45) is 7.39. The van der Waals surface area contributed by atoms with Crippen LogP contribution in [0.1, 0.15) is 10.4 Å². The van der Waals surface area contributed by atoms with E-state index in [1.165, 1.54) is 0 Å². The van der Waals surface area contributed by atoms with E-state index in [1.807, 2.05) is 64.2 Å². The van der Waals surface area contributed by atoms with E-state index in [0.29, 0.717) is 37.7 Å². The molecule has 0 saturated carbocycles. The topological polar surface area (TPSA) is 100 Å². The van der Waals surface area contributed by atoms with E-state index in [4.69, 9.17) is 9.72 Å². The summed E-state index contributed by atoms with van der Waals surface area (Å²) in [5.41, 5.74) is 4.93. The molecule has 1 amide bonds. The number of anilines is 2. The molecule has 3 aromatic heterocycles. The van der Waals surface area contributed by atoms with Gasteiger partial charge in [0, 0.05) is 53.9 Å². The zero-order valence-electron chi connectivity index (χ0n) is 17.7. The van der Waals surface area contributed by atoms with Gasteiger partial charge in [-0.15, -0.1) is 0 Å². The molecule has 33 heavy (non-hydrogen) atoms. The fraction of sp³-hybridized carbons (Fsp3) is 0.167. The molecule has 5 aromatic rings. The smallest absolute Gasteiger partial charge is 0.254 e. The van der Waals surface area contributed by atoms with Crippen LogP contribution in [0.25, 0.3) is 27.8 Å². The zero-order chi connectivity index (χ0) is 22.2. The van der Waals surface area contributed by atoms with Crippen molar-refractivity contribution in [3.05, 3.63) is 72.8 Å². The summed E-state index contributed by atoms with van der Waals surface area (Å²) >= 11 is 0. The van der Waals surface area contributed by atoms with Crippen LogP contribution < -0.4 is 5.32 Å². The molecule has 1 aliphatic heterocycles. The van der Waals surface area contributed by atoms with Gasteiger partial charge in [0.2, 0.25) is 0 Å². The summed E-state index contributed by atoms with van der Waals surface area (Å²) < 4.78 is 7.28. The van der Waals surface area contributed by atoms with Crippen molar-refractivity contribution in [1.29, 1.82) is 0 Å². The van der Waals surface area contributed by atoms with E-state index >= 15 is 0 Å². The summed E-state index contributed by atoms with van der Waals surface area (Å²) in [6, 6.07) is 13.5. The highest BCUT2D eigenvalue weighted by Gasteiger charge is 2.18. The van der Waals surface area contributed by atoms with Gasteiger partial charge in [-0.25, -0.2) is 9.97 Å². The number of carbonyl (C=O) groups excluding carboxylic acids is 1. The van der Waals surface area contributed by atoms with E-state index in [9.17, 15) is 4.79 Å². The van der Waals surface area contributed by atoms with Crippen LogP contribution in [0.2, 0.25) is 0 Å². The molecule has 0 unspecified atom stereocenters. The normalized spacial score (nSPS) is 14.1. The average Bonchev–Trinajstić information content (AvgIpc) is 3.53. The summed E-state index contributed by atoms with van der Waals surface area (Å²) in [5.74, 6) is 0.657. The Balaban J connectivity index is 1.30. The number of ether oxygens (including phenoxy) is 1. The lowest BCUT2D eigenvalue weighted by atomic mass is 10.1. The van der Waals surface area contributed by atoms with Gasteiger partial charge < -0.3 is 19.4 Å². The third-order valence-corrected chi connectivity index (χ3v) is 5.80. The largest absolute Gasteiger partial charge is 0.378 e. The van der Waals surface area contributed by atoms with Crippen molar-refractivity contribution >= 4 is 34.0 Å². The van der Waals surface area contributed by atoms with E-state index < -0.39 is 0 Å². The number of hydrogen-bond acceptors (Lipinski definition) is 6. The van der Waals surface area contributed by atoms with Gasteiger partial charge in [0.25, 0.3) is 5.91 Å². The molecule has 2 N–H and O–H groups in total. The Hall–Kier alpha value is -4.24. The van der Waals surface area contributed by atoms with Crippen molar-refractivity contribution in [1.82, 2.24) is 29.5 Å². The van der Waals surface area contributed by atoms with E-state index in [1.54, 1.807) is 12.4 Å². The number of benzene rings is 2. The number of carbonyl (C=O) groups is 1. The second-order valence-electron chi connectivity index (χ2n) is 7.91. The molecule has 1 saturated heterocycles. The molecule has 0 bridgehead atoms. The number of H-pyrrole nitrogens is 1. The zero-order valence-corrected chi connectivity index (χ0v) is 17.7. The number of imidazole rings is 1. The van der Waals surface area contributed by atoms with Crippen LogP contribution in [0.5, 0.6) is 0 Å². The van der Waals surface area contributed by atoms with E-state index in [0.717, 1.165) is 33.5 Å². The number of fused-ring (bicyclic) bond motifs is 2. The summed E-state index contributed by atoms with van der Waals surface area (Å²) in [4.78, 5) is 23.8. The molecule has 0 spiro atoms. The molecule has 164 valence electrons. The highest BCUT2D eigenvalue weighted by Crippen LogP contribution is 2.26. The number of morpholine rings is 1. The number of hydrogen-bond donors (Lipinski definition) is 2. The fourth-order valence-corrected chi connectivity index (χ4v) is 4.03. The molecule has 1 aliphatic rings. The summed E-state index contributed by atoms with van der Waals surface area (Å²) in [7, 11) is 0. The Morgan fingerprint density at radius 3 is 2.79 bits per heavy atom. The average molecular weight is 439 g/mol. The van der Waals surface area contributed by atoms with Crippen molar-refractivity contribution < 1.29 is 9.53 Å². The quantitative estimate of drug-likeness (QED) is 0.445. The number of nitrogens with zero attached hydrogens (tertiary/aromatic N) is 5. The SMILES string of the molecule is O=C(c1ccc(Nc2nc(-c3ccc4cn[nH]c4c3)cn3ccnc23)cc1)N1CCOCC1. The molecule has 9 nitrogen and oxygen atoms in total. The Morgan fingerprint density at radius 2 is 1.94 bits per heavy atom. The molecular formula is C24H21N7O2. The van der Waals surface area contributed by atoms with Crippen molar-refractivity contribution in [2.45, 2.75) is 0 Å². The van der Waals surface area contributed by atoms with Gasteiger partial charge in [0.15, 0.2) is 11.5 Å². The van der Waals surface area contributed by atoms with Gasteiger partial charge in [-0.1, -0.05) is 12.1 Å². The van der Waals surface area contributed by atoms with Crippen LogP contribution in [0.15, 0.2) is 67.3 Å². The highest BCUT2D eigenvalue weighted by atomic mass is 16.5. The second kappa shape index (κ2) is 8.03. The Bertz CT molecular complexity index is 1450. The van der Waals surface area contributed by atoms with Crippen LogP contribution in [0.4, 0.5) is 11.5 Å². The van der Waals surface area contributed by atoms with Crippen molar-refractivity contribution in [3.63, 3.8) is 0 Å². The second-order valence-corrected chi connectivity index (χ2v) is 7.91. The monoisotopic (exact) mass is 439 g/mol. The van der Waals surface area contributed by atoms with E-state index in [2.05, 4.69) is 20.5 Å². The molecule has 0 radical (unpaired) electrons. The fourth-order valence-electron chi connectivity index (χ4n) is 4.03. The Kier molecular flexibility index (Phi) is 4.73. The maximum Gasteiger partial charge on any atom is 0.254 e. The lowest BCUT2D eigenvalue weighted by molar-refractivity contribution is 0.0303. The molecule has 1 fully saturated rings. The minimum atomic E-state index is 0.0230. The van der Waals surface area contributed by atoms with Crippen molar-refractivity contribution in [2.75, 3.05) is 31.6 Å². The minimum absolute atomic E-state index is 0.0230. The Labute approximate surface area is 189 Å². The molecule has 6 rings (SSSR count). The van der Waals surface area contributed by atoms with Gasteiger partial charge in [0.05, 0.1) is 30.6 Å². The molecule has 0 aliphatic carbocycles. The Morgan fingerprint density at radius 1 is 1.09 bits per heavy atom. The lowest BCUT2D eigenvalue weighted by Crippen LogP contribution is -2.40. The first-order valence-corrected chi connectivity index (χ1v) is 10.8. The van der Waals surface area contributed by atoms with Gasteiger partial charge >= 0.3 is 0 Å². The minimum Gasteiger partial charge on any atom is -0.378 e. The number of amides is 1. The predicted molar refractivity (Wildman–Crippen MR) is 125 cm³/mol. The standard InChI is InChI=1S/C24H21N7O2/c32-24(30-9-11-33-12-10-30)16-3-5-19(6-4-16)27-22-23-25-7-8-31(23)15-21(28-22)17-1-2-18-14-26-29-20(18)13-17/h1-8,13-15H,9-12H2,(H,26,29)(H,27,28). The summed E-state index contributed by atoms with van der Waals surface area (Å²) in [6.45, 7) is 2.41. The maximum absolute atomic E-state index is 12.7. The molecule has 2 aromatic carbocycles. The van der Waals surface area contributed by atoms with Crippen molar-refractivity contribution in [3.8, 4) is 11.3 Å². The first kappa shape index (κ1) is 19.4. The van der Waals surface area contributed by atoms with Crippen LogP contribution >= 0.6 is 0 Å². The first-order chi connectivity index (χ1) is 16.2. The van der Waals surface area contributed by atoms with Crippen LogP contribution in [0.3, 0.4) is 0 Å². The molecule has 0 atom stereocenters. The van der Waals surface area contributed by atoms with Crippen LogP contribution in [-0.2, 0) is 4.74 Å².